The Balaban J connectivity index is 2.38. The molecule has 9 nitrogen and oxygen atoms in total. The van der Waals surface area contributed by atoms with E-state index in [0.29, 0.717) is 16.3 Å². The van der Waals surface area contributed by atoms with Crippen molar-refractivity contribution in [2.24, 2.45) is 14.1 Å². The number of nitro groups is 1. The summed E-state index contributed by atoms with van der Waals surface area (Å²) in [5.74, 6) is 0.688. The highest BCUT2D eigenvalue weighted by atomic mass is 32.2. The summed E-state index contributed by atoms with van der Waals surface area (Å²) < 4.78 is 2.26. The van der Waals surface area contributed by atoms with E-state index in [2.05, 4.69) is 16.5 Å². The number of non-ortho nitro benzene ring substituents is 1. The molecule has 0 aliphatic heterocycles. The molecular weight excluding hydrogens is 370 g/mol. The average Bonchev–Trinajstić information content (AvgIpc) is 2.68. The molecule has 2 heterocycles. The Bertz CT molecular complexity index is 1200. The molecule has 0 bridgehead atoms. The van der Waals surface area contributed by atoms with Crippen LogP contribution in [0.15, 0.2) is 51.5 Å². The molecule has 10 heteroatoms. The zero-order valence-corrected chi connectivity index (χ0v) is 15.4. The van der Waals surface area contributed by atoms with Gasteiger partial charge in [0.25, 0.3) is 11.2 Å². The predicted molar refractivity (Wildman–Crippen MR) is 103 cm³/mol. The van der Waals surface area contributed by atoms with E-state index >= 15 is 0 Å². The Hall–Kier alpha value is -3.27. The van der Waals surface area contributed by atoms with Gasteiger partial charge in [-0.25, -0.2) is 14.8 Å². The van der Waals surface area contributed by atoms with Gasteiger partial charge in [-0.15, -0.1) is 18.3 Å². The Morgan fingerprint density at radius 3 is 2.67 bits per heavy atom. The Labute approximate surface area is 157 Å². The number of benzene rings is 1. The second kappa shape index (κ2) is 7.16. The molecule has 1 aromatic carbocycles. The summed E-state index contributed by atoms with van der Waals surface area (Å²) >= 11 is 1.27. The molecule has 0 saturated heterocycles. The third-order valence-electron chi connectivity index (χ3n) is 3.92. The molecule has 0 saturated carbocycles. The van der Waals surface area contributed by atoms with Crippen molar-refractivity contribution in [3.63, 3.8) is 0 Å². The first-order chi connectivity index (χ1) is 12.8. The molecule has 2 aromatic heterocycles. The molecule has 0 spiro atoms. The molecule has 0 N–H and O–H groups in total. The molecule has 0 aliphatic carbocycles. The molecule has 0 fully saturated rings. The van der Waals surface area contributed by atoms with Crippen LogP contribution in [0.25, 0.3) is 22.4 Å². The Morgan fingerprint density at radius 2 is 2.00 bits per heavy atom. The molecule has 27 heavy (non-hydrogen) atoms. The lowest BCUT2D eigenvalue weighted by Gasteiger charge is -2.11. The summed E-state index contributed by atoms with van der Waals surface area (Å²) in [5.41, 5.74) is -0.527. The van der Waals surface area contributed by atoms with Gasteiger partial charge in [0.05, 0.1) is 4.92 Å². The number of nitrogens with zero attached hydrogens (tertiary/aromatic N) is 5. The molecular formula is C17H15N5O4S. The second-order valence-corrected chi connectivity index (χ2v) is 6.67. The van der Waals surface area contributed by atoms with Gasteiger partial charge in [0.15, 0.2) is 11.5 Å². The number of fused-ring (bicyclic) bond motifs is 1. The van der Waals surface area contributed by atoms with Crippen molar-refractivity contribution in [1.82, 2.24) is 19.1 Å². The minimum atomic E-state index is -0.518. The van der Waals surface area contributed by atoms with Crippen LogP contribution >= 0.6 is 11.8 Å². The number of aromatic nitrogens is 4. The molecule has 0 unspecified atom stereocenters. The minimum absolute atomic E-state index is 0.102. The Kier molecular flexibility index (Phi) is 4.91. The van der Waals surface area contributed by atoms with Gasteiger partial charge in [-0.3, -0.25) is 24.0 Å². The minimum Gasteiger partial charge on any atom is -0.280 e. The van der Waals surface area contributed by atoms with Gasteiger partial charge in [0.1, 0.15) is 10.4 Å². The SMILES string of the molecule is C=CCSc1nc(-c2cccc([N+](=O)[O-])c2)nc2c1c(=O)n(C)c(=O)n2C. The molecule has 3 aromatic rings. The molecule has 0 aliphatic rings. The van der Waals surface area contributed by atoms with Gasteiger partial charge in [-0.1, -0.05) is 18.2 Å². The van der Waals surface area contributed by atoms with Crippen molar-refractivity contribution in [1.29, 1.82) is 0 Å². The summed E-state index contributed by atoms with van der Waals surface area (Å²) in [4.78, 5) is 44.2. The maximum atomic E-state index is 12.6. The summed E-state index contributed by atoms with van der Waals surface area (Å²) in [6, 6.07) is 5.88. The van der Waals surface area contributed by atoms with Gasteiger partial charge in [-0.2, -0.15) is 0 Å². The summed E-state index contributed by atoms with van der Waals surface area (Å²) in [7, 11) is 2.90. The maximum Gasteiger partial charge on any atom is 0.332 e. The molecule has 138 valence electrons. The van der Waals surface area contributed by atoms with Crippen LogP contribution < -0.4 is 11.2 Å². The van der Waals surface area contributed by atoms with Gasteiger partial charge >= 0.3 is 5.69 Å². The number of hydrogen-bond acceptors (Lipinski definition) is 7. The van der Waals surface area contributed by atoms with Crippen LogP contribution in [0.5, 0.6) is 0 Å². The number of nitro benzene ring substituents is 1. The largest absolute Gasteiger partial charge is 0.332 e. The smallest absolute Gasteiger partial charge is 0.280 e. The van der Waals surface area contributed by atoms with Crippen molar-refractivity contribution in [2.45, 2.75) is 5.03 Å². The van der Waals surface area contributed by atoms with E-state index in [9.17, 15) is 19.7 Å². The summed E-state index contributed by atoms with van der Waals surface area (Å²) in [6.45, 7) is 3.66. The first-order valence-electron chi connectivity index (χ1n) is 7.81. The highest BCUT2D eigenvalue weighted by Gasteiger charge is 2.18. The fourth-order valence-corrected chi connectivity index (χ4v) is 3.31. The topological polar surface area (TPSA) is 113 Å². The number of rotatable bonds is 5. The second-order valence-electron chi connectivity index (χ2n) is 5.66. The van der Waals surface area contributed by atoms with E-state index in [1.807, 2.05) is 0 Å². The number of aryl methyl sites for hydroxylation is 1. The van der Waals surface area contributed by atoms with E-state index in [0.717, 1.165) is 4.57 Å². The summed E-state index contributed by atoms with van der Waals surface area (Å²) in [5, 5.41) is 11.7. The van der Waals surface area contributed by atoms with Gasteiger partial charge in [0.2, 0.25) is 0 Å². The third kappa shape index (κ3) is 3.26. The first-order valence-corrected chi connectivity index (χ1v) is 8.80. The van der Waals surface area contributed by atoms with Crippen LogP contribution in [0.2, 0.25) is 0 Å². The van der Waals surface area contributed by atoms with Crippen LogP contribution in [0.4, 0.5) is 5.69 Å². The van der Waals surface area contributed by atoms with E-state index in [1.54, 1.807) is 12.1 Å². The van der Waals surface area contributed by atoms with E-state index in [-0.39, 0.29) is 22.5 Å². The predicted octanol–water partition coefficient (Wildman–Crippen LogP) is 1.88. The molecule has 0 amide bonds. The lowest BCUT2D eigenvalue weighted by molar-refractivity contribution is -0.384. The lowest BCUT2D eigenvalue weighted by Crippen LogP contribution is -2.37. The fraction of sp³-hybridized carbons (Fsp3) is 0.176. The lowest BCUT2D eigenvalue weighted by atomic mass is 10.2. The molecule has 3 rings (SSSR count). The average molecular weight is 385 g/mol. The molecule has 0 radical (unpaired) electrons. The highest BCUT2D eigenvalue weighted by Crippen LogP contribution is 2.27. The van der Waals surface area contributed by atoms with Gasteiger partial charge < -0.3 is 0 Å². The van der Waals surface area contributed by atoms with Gasteiger partial charge in [-0.05, 0) is 0 Å². The fourth-order valence-electron chi connectivity index (χ4n) is 2.56. The number of thioether (sulfide) groups is 1. The van der Waals surface area contributed by atoms with E-state index in [4.69, 9.17) is 0 Å². The normalized spacial score (nSPS) is 10.9. The Morgan fingerprint density at radius 1 is 1.26 bits per heavy atom. The van der Waals surface area contributed by atoms with Crippen LogP contribution in [-0.4, -0.2) is 29.8 Å². The van der Waals surface area contributed by atoms with Crippen LogP contribution in [-0.2, 0) is 14.1 Å². The van der Waals surface area contributed by atoms with Crippen LogP contribution in [0.3, 0.4) is 0 Å². The van der Waals surface area contributed by atoms with Crippen molar-refractivity contribution in [3.8, 4) is 11.4 Å². The quantitative estimate of drug-likeness (QED) is 0.217. The van der Waals surface area contributed by atoms with Crippen molar-refractivity contribution in [3.05, 3.63) is 67.9 Å². The van der Waals surface area contributed by atoms with E-state index in [1.165, 1.54) is 48.6 Å². The van der Waals surface area contributed by atoms with Crippen molar-refractivity contribution >= 4 is 28.5 Å². The van der Waals surface area contributed by atoms with Crippen LogP contribution in [0.1, 0.15) is 0 Å². The molecule has 0 atom stereocenters. The highest BCUT2D eigenvalue weighted by molar-refractivity contribution is 7.99. The zero-order chi connectivity index (χ0) is 19.7. The van der Waals surface area contributed by atoms with Crippen molar-refractivity contribution < 1.29 is 4.92 Å². The maximum absolute atomic E-state index is 12.6. The van der Waals surface area contributed by atoms with Crippen LogP contribution in [0, 0.1) is 10.1 Å². The standard InChI is InChI=1S/C17H15N5O4S/c1-4-8-27-15-12-14(20(2)17(24)21(3)16(12)23)18-13(19-15)10-6-5-7-11(9-10)22(25)26/h4-7,9H,1,8H2,2-3H3. The number of hydrogen-bond donors (Lipinski definition) is 0. The van der Waals surface area contributed by atoms with Gasteiger partial charge in [0, 0.05) is 37.5 Å². The van der Waals surface area contributed by atoms with Crippen molar-refractivity contribution in [2.75, 3.05) is 5.75 Å². The first kappa shape index (κ1) is 18.5. The van der Waals surface area contributed by atoms with E-state index < -0.39 is 16.2 Å². The monoisotopic (exact) mass is 385 g/mol. The third-order valence-corrected chi connectivity index (χ3v) is 4.89. The zero-order valence-electron chi connectivity index (χ0n) is 14.6. The summed E-state index contributed by atoms with van der Waals surface area (Å²) in [6.07, 6.45) is 1.66.